The summed E-state index contributed by atoms with van der Waals surface area (Å²) >= 11 is 0. The molecule has 35 heavy (non-hydrogen) atoms. The summed E-state index contributed by atoms with van der Waals surface area (Å²) in [6, 6.07) is 3.00. The fourth-order valence-electron chi connectivity index (χ4n) is 4.48. The van der Waals surface area contributed by atoms with Crippen LogP contribution in [-0.2, 0) is 11.2 Å². The summed E-state index contributed by atoms with van der Waals surface area (Å²) in [7, 11) is 1.26. The third-order valence-electron chi connectivity index (χ3n) is 6.30. The highest BCUT2D eigenvalue weighted by atomic mass is 19.1. The second-order valence-corrected chi connectivity index (χ2v) is 8.22. The maximum atomic E-state index is 13.9. The number of nitrogens with zero attached hydrogens (tertiary/aromatic N) is 4. The Bertz CT molecular complexity index is 1260. The van der Waals surface area contributed by atoms with Crippen LogP contribution in [0.25, 0.3) is 0 Å². The number of methoxy groups -OCH3 is 1. The van der Waals surface area contributed by atoms with E-state index >= 15 is 0 Å². The fourth-order valence-corrected chi connectivity index (χ4v) is 4.48. The number of piperazine rings is 1. The van der Waals surface area contributed by atoms with Crippen molar-refractivity contribution in [3.63, 3.8) is 0 Å². The van der Waals surface area contributed by atoms with Gasteiger partial charge in [-0.15, -0.1) is 0 Å². The van der Waals surface area contributed by atoms with Crippen LogP contribution in [0.3, 0.4) is 0 Å². The minimum absolute atomic E-state index is 0.0874. The van der Waals surface area contributed by atoms with E-state index in [4.69, 9.17) is 4.74 Å². The van der Waals surface area contributed by atoms with Crippen molar-refractivity contribution < 1.29 is 33.0 Å². The topological polar surface area (TPSA) is 112 Å². The Morgan fingerprint density at radius 1 is 1.20 bits per heavy atom. The van der Waals surface area contributed by atoms with E-state index in [0.717, 1.165) is 6.07 Å². The van der Waals surface area contributed by atoms with Crippen molar-refractivity contribution in [3.05, 3.63) is 63.1 Å². The molecule has 2 aliphatic heterocycles. The van der Waals surface area contributed by atoms with Crippen LogP contribution in [0.5, 0.6) is 5.75 Å². The molecule has 2 amide bonds. The summed E-state index contributed by atoms with van der Waals surface area (Å²) in [5, 5.41) is 12.3. The van der Waals surface area contributed by atoms with Crippen LogP contribution in [0.1, 0.15) is 39.8 Å². The SMILES string of the molecule is CCN1C(=O)c2c(O)c(=O)c(C(=O)CCc3ccc(F)cc3F)cn2N2CCN(C(=O)OC)C[C@@H]12. The molecule has 0 spiro atoms. The van der Waals surface area contributed by atoms with Gasteiger partial charge in [-0.1, -0.05) is 6.07 Å². The summed E-state index contributed by atoms with van der Waals surface area (Å²) in [6.45, 7) is 2.56. The van der Waals surface area contributed by atoms with Crippen molar-refractivity contribution in [1.29, 1.82) is 0 Å². The first kappa shape index (κ1) is 24.2. The summed E-state index contributed by atoms with van der Waals surface area (Å²) in [4.78, 5) is 53.8. The molecule has 3 heterocycles. The van der Waals surface area contributed by atoms with Crippen LogP contribution < -0.4 is 10.4 Å². The maximum Gasteiger partial charge on any atom is 0.409 e. The molecule has 1 aromatic heterocycles. The van der Waals surface area contributed by atoms with Crippen molar-refractivity contribution in [2.45, 2.75) is 25.9 Å². The van der Waals surface area contributed by atoms with E-state index in [2.05, 4.69) is 0 Å². The molecule has 0 radical (unpaired) electrons. The number of hydrogen-bond donors (Lipinski definition) is 1. The van der Waals surface area contributed by atoms with Gasteiger partial charge < -0.3 is 19.6 Å². The number of rotatable bonds is 5. The Hall–Kier alpha value is -3.96. The molecule has 1 fully saturated rings. The van der Waals surface area contributed by atoms with E-state index < -0.39 is 46.8 Å². The first-order chi connectivity index (χ1) is 16.7. The van der Waals surface area contributed by atoms with Crippen LogP contribution in [0.4, 0.5) is 13.6 Å². The number of amides is 2. The number of aryl methyl sites for hydroxylation is 1. The van der Waals surface area contributed by atoms with E-state index in [1.54, 1.807) is 11.9 Å². The number of ketones is 1. The lowest BCUT2D eigenvalue weighted by Crippen LogP contribution is -2.69. The molecule has 2 aromatic rings. The summed E-state index contributed by atoms with van der Waals surface area (Å²) < 4.78 is 33.1. The number of likely N-dealkylation sites (N-methyl/N-ethyl adjacent to an activating group) is 1. The van der Waals surface area contributed by atoms with Gasteiger partial charge in [0.2, 0.25) is 5.43 Å². The highest BCUT2D eigenvalue weighted by Crippen LogP contribution is 2.27. The zero-order chi connectivity index (χ0) is 25.4. The zero-order valence-electron chi connectivity index (χ0n) is 19.2. The number of benzene rings is 1. The van der Waals surface area contributed by atoms with Crippen molar-refractivity contribution in [2.75, 3.05) is 38.3 Å². The molecule has 12 heteroatoms. The number of fused-ring (bicyclic) bond motifs is 3. The second-order valence-electron chi connectivity index (χ2n) is 8.22. The van der Waals surface area contributed by atoms with Crippen LogP contribution >= 0.6 is 0 Å². The molecular formula is C23H24F2N4O6. The minimum atomic E-state index is -1.00. The third kappa shape index (κ3) is 4.19. The number of hydrogen-bond acceptors (Lipinski definition) is 7. The van der Waals surface area contributed by atoms with Crippen molar-refractivity contribution in [1.82, 2.24) is 14.5 Å². The number of carbonyl (C=O) groups excluding carboxylic acids is 3. The van der Waals surface area contributed by atoms with Crippen LogP contribution in [-0.4, -0.2) is 76.8 Å². The summed E-state index contributed by atoms with van der Waals surface area (Å²) in [5.41, 5.74) is -1.53. The van der Waals surface area contributed by atoms with E-state index in [0.29, 0.717) is 6.07 Å². The Morgan fingerprint density at radius 3 is 2.60 bits per heavy atom. The van der Waals surface area contributed by atoms with Crippen LogP contribution in [0, 0.1) is 11.6 Å². The monoisotopic (exact) mass is 490 g/mol. The molecule has 186 valence electrons. The summed E-state index contributed by atoms with van der Waals surface area (Å²) in [6.07, 6.45) is -0.329. The summed E-state index contributed by atoms with van der Waals surface area (Å²) in [5.74, 6) is -3.70. The van der Waals surface area contributed by atoms with Crippen molar-refractivity contribution >= 4 is 17.8 Å². The number of halogens is 2. The van der Waals surface area contributed by atoms with Gasteiger partial charge in [0.15, 0.2) is 17.2 Å². The Kier molecular flexibility index (Phi) is 6.46. The molecule has 0 aliphatic carbocycles. The van der Waals surface area contributed by atoms with Gasteiger partial charge in [0, 0.05) is 31.8 Å². The molecule has 1 N–H and O–H groups in total. The maximum absolute atomic E-state index is 13.9. The quantitative estimate of drug-likeness (QED) is 0.632. The highest BCUT2D eigenvalue weighted by molar-refractivity contribution is 6.00. The molecule has 1 saturated heterocycles. The molecule has 0 unspecified atom stereocenters. The van der Waals surface area contributed by atoms with Gasteiger partial charge in [-0.2, -0.15) is 0 Å². The molecular weight excluding hydrogens is 466 g/mol. The van der Waals surface area contributed by atoms with Gasteiger partial charge in [-0.3, -0.25) is 24.1 Å². The van der Waals surface area contributed by atoms with Crippen molar-refractivity contribution in [3.8, 4) is 5.75 Å². The van der Waals surface area contributed by atoms with Crippen LogP contribution in [0.15, 0.2) is 29.2 Å². The lowest BCUT2D eigenvalue weighted by Gasteiger charge is -2.50. The average molecular weight is 490 g/mol. The third-order valence-corrected chi connectivity index (χ3v) is 6.30. The van der Waals surface area contributed by atoms with Gasteiger partial charge in [-0.25, -0.2) is 13.6 Å². The van der Waals surface area contributed by atoms with Gasteiger partial charge in [0.05, 0.1) is 25.8 Å². The number of aromatic hydroxyl groups is 1. The number of carbonyl (C=O) groups is 3. The predicted octanol–water partition coefficient (Wildman–Crippen LogP) is 1.47. The molecule has 10 nitrogen and oxygen atoms in total. The van der Waals surface area contributed by atoms with E-state index in [-0.39, 0.29) is 55.8 Å². The number of ether oxygens (including phenoxy) is 1. The molecule has 1 aromatic carbocycles. The van der Waals surface area contributed by atoms with Crippen molar-refractivity contribution in [2.24, 2.45) is 0 Å². The van der Waals surface area contributed by atoms with Gasteiger partial charge in [-0.05, 0) is 25.0 Å². The average Bonchev–Trinajstić information content (AvgIpc) is 2.84. The van der Waals surface area contributed by atoms with Gasteiger partial charge in [0.25, 0.3) is 5.91 Å². The molecule has 0 saturated carbocycles. The number of pyridine rings is 1. The largest absolute Gasteiger partial charge is 0.502 e. The smallest absolute Gasteiger partial charge is 0.409 e. The lowest BCUT2D eigenvalue weighted by molar-refractivity contribution is 0.0401. The Labute approximate surface area is 198 Å². The normalized spacial score (nSPS) is 17.2. The standard InChI is InChI=1S/C23H24F2N4O6/c1-3-27-18-12-26(23(34)35-2)8-9-28(18)29-11-15(20(31)21(32)19(29)22(27)33)17(30)7-5-13-4-6-14(24)10-16(13)25/h4,6,10-11,18,32H,3,5,7-9,12H2,1-2H3/t18-/m0/s1. The zero-order valence-corrected chi connectivity index (χ0v) is 19.2. The van der Waals surface area contributed by atoms with E-state index in [9.17, 15) is 33.1 Å². The van der Waals surface area contributed by atoms with Gasteiger partial charge in [0.1, 0.15) is 17.8 Å². The number of Topliss-reactive ketones (excluding diaryl/α,β-unsaturated/α-hetero) is 1. The van der Waals surface area contributed by atoms with E-state index in [1.807, 2.05) is 0 Å². The Morgan fingerprint density at radius 2 is 1.94 bits per heavy atom. The first-order valence-corrected chi connectivity index (χ1v) is 11.0. The highest BCUT2D eigenvalue weighted by Gasteiger charge is 2.43. The molecule has 4 rings (SSSR count). The molecule has 2 aliphatic rings. The molecule has 1 atom stereocenters. The minimum Gasteiger partial charge on any atom is -0.502 e. The fraction of sp³-hybridized carbons (Fsp3) is 0.391. The Balaban J connectivity index is 1.68. The van der Waals surface area contributed by atoms with E-state index in [1.165, 1.54) is 33.8 Å². The number of aromatic nitrogens is 1. The van der Waals surface area contributed by atoms with Crippen LogP contribution in [0.2, 0.25) is 0 Å². The second kappa shape index (κ2) is 9.35. The van der Waals surface area contributed by atoms with Gasteiger partial charge >= 0.3 is 6.09 Å². The lowest BCUT2D eigenvalue weighted by atomic mass is 10.0. The molecule has 0 bridgehead atoms. The predicted molar refractivity (Wildman–Crippen MR) is 119 cm³/mol. The first-order valence-electron chi connectivity index (χ1n) is 11.0.